The predicted molar refractivity (Wildman–Crippen MR) is 87.6 cm³/mol. The van der Waals surface area contributed by atoms with Gasteiger partial charge in [-0.1, -0.05) is 30.3 Å². The number of nitrogens with one attached hydrogen (secondary N) is 1. The molecule has 0 fully saturated rings. The Labute approximate surface area is 132 Å². The van der Waals surface area contributed by atoms with Gasteiger partial charge in [0.05, 0.1) is 7.11 Å². The van der Waals surface area contributed by atoms with Gasteiger partial charge in [0.1, 0.15) is 10.6 Å². The Balaban J connectivity index is 2.37. The van der Waals surface area contributed by atoms with Gasteiger partial charge in [0.25, 0.3) is 0 Å². The van der Waals surface area contributed by atoms with Crippen molar-refractivity contribution in [2.45, 2.75) is 31.7 Å². The zero-order valence-electron chi connectivity index (χ0n) is 13.3. The molecule has 2 rings (SSSR count). The molecule has 0 saturated carbocycles. The van der Waals surface area contributed by atoms with Gasteiger partial charge in [-0.3, -0.25) is 0 Å². The number of benzene rings is 2. The molecular weight excluding hydrogens is 298 g/mol. The van der Waals surface area contributed by atoms with Crippen LogP contribution in [0.5, 0.6) is 5.75 Å². The summed E-state index contributed by atoms with van der Waals surface area (Å²) in [6.07, 6.45) is 0. The van der Waals surface area contributed by atoms with Crippen molar-refractivity contribution in [1.82, 2.24) is 4.72 Å². The van der Waals surface area contributed by atoms with E-state index < -0.39 is 10.0 Å². The normalized spacial score (nSPS) is 12.9. The van der Waals surface area contributed by atoms with Gasteiger partial charge in [-0.2, -0.15) is 0 Å². The zero-order chi connectivity index (χ0) is 16.3. The van der Waals surface area contributed by atoms with E-state index in [-0.39, 0.29) is 10.9 Å². The molecule has 0 aliphatic heterocycles. The van der Waals surface area contributed by atoms with Crippen LogP contribution in [0.2, 0.25) is 0 Å². The Hall–Kier alpha value is -1.85. The highest BCUT2D eigenvalue weighted by atomic mass is 32.2. The fraction of sp³-hybridized carbons (Fsp3) is 0.294. The molecule has 5 heteroatoms. The van der Waals surface area contributed by atoms with Crippen LogP contribution in [-0.4, -0.2) is 15.5 Å². The van der Waals surface area contributed by atoms with Crippen molar-refractivity contribution < 1.29 is 13.2 Å². The summed E-state index contributed by atoms with van der Waals surface area (Å²) >= 11 is 0. The largest absolute Gasteiger partial charge is 0.495 e. The second-order valence-corrected chi connectivity index (χ2v) is 7.02. The summed E-state index contributed by atoms with van der Waals surface area (Å²) in [6.45, 7) is 5.63. The highest BCUT2D eigenvalue weighted by molar-refractivity contribution is 7.89. The molecule has 1 unspecified atom stereocenters. The number of aryl methyl sites for hydroxylation is 2. The number of sulfonamides is 1. The number of hydrogen-bond acceptors (Lipinski definition) is 3. The summed E-state index contributed by atoms with van der Waals surface area (Å²) in [5.74, 6) is 0.357. The molecule has 118 valence electrons. The Kier molecular flexibility index (Phi) is 4.88. The summed E-state index contributed by atoms with van der Waals surface area (Å²) < 4.78 is 33.3. The quantitative estimate of drug-likeness (QED) is 0.919. The lowest BCUT2D eigenvalue weighted by Gasteiger charge is -2.17. The molecule has 0 aliphatic rings. The van der Waals surface area contributed by atoms with Crippen molar-refractivity contribution >= 4 is 10.0 Å². The minimum absolute atomic E-state index is 0.167. The van der Waals surface area contributed by atoms with E-state index in [0.29, 0.717) is 5.75 Å². The number of rotatable bonds is 5. The zero-order valence-corrected chi connectivity index (χ0v) is 14.1. The molecule has 0 aromatic heterocycles. The fourth-order valence-corrected chi connectivity index (χ4v) is 3.71. The molecule has 1 N–H and O–H groups in total. The lowest BCUT2D eigenvalue weighted by Crippen LogP contribution is -2.27. The Morgan fingerprint density at radius 2 is 1.64 bits per heavy atom. The van der Waals surface area contributed by atoms with Crippen molar-refractivity contribution in [1.29, 1.82) is 0 Å². The fourth-order valence-electron chi connectivity index (χ4n) is 2.24. The molecule has 2 aromatic carbocycles. The highest BCUT2D eigenvalue weighted by Crippen LogP contribution is 2.28. The number of methoxy groups -OCH3 is 1. The lowest BCUT2D eigenvalue weighted by atomic mass is 10.1. The van der Waals surface area contributed by atoms with Gasteiger partial charge in [0, 0.05) is 6.04 Å². The van der Waals surface area contributed by atoms with Gasteiger partial charge >= 0.3 is 0 Å². The standard InChI is InChI=1S/C17H21NO3S/c1-12-10-16(21-4)17(11-13(12)2)22(19,20)18-14(3)15-8-6-5-7-9-15/h5-11,14,18H,1-4H3. The van der Waals surface area contributed by atoms with Gasteiger partial charge in [0.15, 0.2) is 0 Å². The minimum Gasteiger partial charge on any atom is -0.495 e. The molecule has 22 heavy (non-hydrogen) atoms. The lowest BCUT2D eigenvalue weighted by molar-refractivity contribution is 0.401. The topological polar surface area (TPSA) is 55.4 Å². The van der Waals surface area contributed by atoms with Gasteiger partial charge < -0.3 is 4.74 Å². The Morgan fingerprint density at radius 3 is 2.23 bits per heavy atom. The van der Waals surface area contributed by atoms with Gasteiger partial charge in [-0.05, 0) is 49.6 Å². The summed E-state index contributed by atoms with van der Waals surface area (Å²) in [7, 11) is -2.19. The van der Waals surface area contributed by atoms with E-state index in [0.717, 1.165) is 16.7 Å². The van der Waals surface area contributed by atoms with Gasteiger partial charge in [-0.25, -0.2) is 13.1 Å². The maximum atomic E-state index is 12.7. The third kappa shape index (κ3) is 3.48. The minimum atomic E-state index is -3.66. The van der Waals surface area contributed by atoms with Crippen LogP contribution >= 0.6 is 0 Å². The molecular formula is C17H21NO3S. The molecule has 0 aliphatic carbocycles. The van der Waals surface area contributed by atoms with Crippen molar-refractivity contribution in [3.63, 3.8) is 0 Å². The molecule has 0 amide bonds. The third-order valence-electron chi connectivity index (χ3n) is 3.70. The van der Waals surface area contributed by atoms with Gasteiger partial charge in [0.2, 0.25) is 10.0 Å². The van der Waals surface area contributed by atoms with Crippen molar-refractivity contribution in [2.24, 2.45) is 0 Å². The second kappa shape index (κ2) is 6.50. The Morgan fingerprint density at radius 1 is 1.05 bits per heavy atom. The first-order valence-electron chi connectivity index (χ1n) is 7.07. The van der Waals surface area contributed by atoms with Crippen LogP contribution < -0.4 is 9.46 Å². The smallest absolute Gasteiger partial charge is 0.244 e. The SMILES string of the molecule is COc1cc(C)c(C)cc1S(=O)(=O)NC(C)c1ccccc1. The summed E-state index contributed by atoms with van der Waals surface area (Å²) in [4.78, 5) is 0.167. The van der Waals surface area contributed by atoms with E-state index >= 15 is 0 Å². The summed E-state index contributed by atoms with van der Waals surface area (Å²) in [6, 6.07) is 12.5. The number of ether oxygens (including phenoxy) is 1. The molecule has 0 radical (unpaired) electrons. The summed E-state index contributed by atoms with van der Waals surface area (Å²) in [5, 5.41) is 0. The van der Waals surface area contributed by atoms with Crippen LogP contribution in [-0.2, 0) is 10.0 Å². The molecule has 2 aromatic rings. The van der Waals surface area contributed by atoms with Crippen molar-refractivity contribution in [3.05, 3.63) is 59.2 Å². The maximum Gasteiger partial charge on any atom is 0.244 e. The van der Waals surface area contributed by atoms with E-state index in [9.17, 15) is 8.42 Å². The van der Waals surface area contributed by atoms with E-state index in [2.05, 4.69) is 4.72 Å². The van der Waals surface area contributed by atoms with Crippen LogP contribution in [0.1, 0.15) is 29.7 Å². The first kappa shape index (κ1) is 16.5. The number of hydrogen-bond donors (Lipinski definition) is 1. The van der Waals surface area contributed by atoms with Crippen LogP contribution in [0.4, 0.5) is 0 Å². The maximum absolute atomic E-state index is 12.7. The second-order valence-electron chi connectivity index (χ2n) is 5.34. The van der Waals surface area contributed by atoms with Crippen molar-refractivity contribution in [2.75, 3.05) is 7.11 Å². The van der Waals surface area contributed by atoms with E-state index in [1.165, 1.54) is 7.11 Å². The monoisotopic (exact) mass is 319 g/mol. The van der Waals surface area contributed by atoms with Crippen LogP contribution in [0, 0.1) is 13.8 Å². The van der Waals surface area contributed by atoms with Crippen LogP contribution in [0.25, 0.3) is 0 Å². The summed E-state index contributed by atoms with van der Waals surface area (Å²) in [5.41, 5.74) is 2.81. The van der Waals surface area contributed by atoms with E-state index in [4.69, 9.17) is 4.74 Å². The molecule has 1 atom stereocenters. The first-order valence-corrected chi connectivity index (χ1v) is 8.56. The van der Waals surface area contributed by atoms with Crippen LogP contribution in [0.3, 0.4) is 0 Å². The molecule has 0 bridgehead atoms. The van der Waals surface area contributed by atoms with E-state index in [1.807, 2.05) is 51.1 Å². The third-order valence-corrected chi connectivity index (χ3v) is 5.26. The van der Waals surface area contributed by atoms with Crippen molar-refractivity contribution in [3.8, 4) is 5.75 Å². The highest BCUT2D eigenvalue weighted by Gasteiger charge is 2.23. The molecule has 4 nitrogen and oxygen atoms in total. The average molecular weight is 319 g/mol. The molecule has 0 heterocycles. The predicted octanol–water partition coefficient (Wildman–Crippen LogP) is 3.35. The van der Waals surface area contributed by atoms with Gasteiger partial charge in [-0.15, -0.1) is 0 Å². The van der Waals surface area contributed by atoms with Crippen LogP contribution in [0.15, 0.2) is 47.4 Å². The molecule has 0 spiro atoms. The molecule has 0 saturated heterocycles. The average Bonchev–Trinajstić information content (AvgIpc) is 2.49. The first-order chi connectivity index (χ1) is 10.3. The van der Waals surface area contributed by atoms with E-state index in [1.54, 1.807) is 12.1 Å². The Bertz CT molecular complexity index is 755.